The molecule has 3 nitrogen and oxygen atoms in total. The van der Waals surface area contributed by atoms with Gasteiger partial charge in [-0.15, -0.1) is 0 Å². The van der Waals surface area contributed by atoms with E-state index in [-0.39, 0.29) is 11.1 Å². The Bertz CT molecular complexity index is 452. The molecule has 1 saturated heterocycles. The van der Waals surface area contributed by atoms with Gasteiger partial charge in [0.05, 0.1) is 17.5 Å². The number of hydrogen-bond acceptors (Lipinski definition) is 3. The third-order valence-electron chi connectivity index (χ3n) is 3.21. The fourth-order valence-corrected chi connectivity index (χ4v) is 2.45. The van der Waals surface area contributed by atoms with Gasteiger partial charge in [-0.2, -0.15) is 5.26 Å². The normalized spacial score (nSPS) is 18.3. The smallest absolute Gasteiger partial charge is 0.141 e. The highest BCUT2D eigenvalue weighted by molar-refractivity contribution is 6.30. The van der Waals surface area contributed by atoms with Crippen molar-refractivity contribution in [2.24, 2.45) is 0 Å². The lowest BCUT2D eigenvalue weighted by Gasteiger charge is -2.34. The van der Waals surface area contributed by atoms with E-state index in [2.05, 4.69) is 16.3 Å². The number of halogens is 2. The van der Waals surface area contributed by atoms with Gasteiger partial charge < -0.3 is 5.32 Å². The number of piperazine rings is 1. The van der Waals surface area contributed by atoms with Crippen LogP contribution in [0.1, 0.15) is 18.0 Å². The molecule has 0 radical (unpaired) electrons. The predicted molar refractivity (Wildman–Crippen MR) is 68.8 cm³/mol. The van der Waals surface area contributed by atoms with Crippen LogP contribution in [0.15, 0.2) is 18.2 Å². The molecule has 96 valence electrons. The summed E-state index contributed by atoms with van der Waals surface area (Å²) in [6.45, 7) is 3.61. The molecule has 1 N–H and O–H groups in total. The number of nitrogens with zero attached hydrogens (tertiary/aromatic N) is 2. The van der Waals surface area contributed by atoms with Crippen molar-refractivity contribution in [2.75, 3.05) is 26.2 Å². The van der Waals surface area contributed by atoms with Gasteiger partial charge in [0, 0.05) is 32.2 Å². The summed E-state index contributed by atoms with van der Waals surface area (Å²) in [6.07, 6.45) is 0.391. The Hall–Kier alpha value is -1.15. The minimum Gasteiger partial charge on any atom is -0.314 e. The highest BCUT2D eigenvalue weighted by atomic mass is 35.5. The lowest BCUT2D eigenvalue weighted by molar-refractivity contribution is 0.175. The summed E-state index contributed by atoms with van der Waals surface area (Å²) >= 11 is 5.81. The van der Waals surface area contributed by atoms with Crippen molar-refractivity contribution in [3.8, 4) is 6.07 Å². The topological polar surface area (TPSA) is 39.1 Å². The molecule has 5 heteroatoms. The molecule has 1 aromatic rings. The zero-order valence-corrected chi connectivity index (χ0v) is 10.8. The Morgan fingerprint density at radius 2 is 2.17 bits per heavy atom. The molecule has 1 aliphatic rings. The van der Waals surface area contributed by atoms with E-state index in [1.165, 1.54) is 6.07 Å². The van der Waals surface area contributed by atoms with Crippen molar-refractivity contribution in [2.45, 2.75) is 12.5 Å². The van der Waals surface area contributed by atoms with E-state index in [4.69, 9.17) is 16.9 Å². The van der Waals surface area contributed by atoms with Gasteiger partial charge >= 0.3 is 0 Å². The van der Waals surface area contributed by atoms with Crippen molar-refractivity contribution in [1.82, 2.24) is 10.2 Å². The zero-order valence-electron chi connectivity index (χ0n) is 10.00. The van der Waals surface area contributed by atoms with Crippen molar-refractivity contribution in [3.05, 3.63) is 34.6 Å². The van der Waals surface area contributed by atoms with Gasteiger partial charge in [-0.05, 0) is 17.7 Å². The molecule has 18 heavy (non-hydrogen) atoms. The summed E-state index contributed by atoms with van der Waals surface area (Å²) in [5.41, 5.74) is 0.907. The predicted octanol–water partition coefficient (Wildman–Crippen LogP) is 2.34. The van der Waals surface area contributed by atoms with Gasteiger partial charge in [0.25, 0.3) is 0 Å². The molecule has 1 aromatic carbocycles. The first-order valence-corrected chi connectivity index (χ1v) is 6.37. The van der Waals surface area contributed by atoms with Crippen LogP contribution >= 0.6 is 11.6 Å². The highest BCUT2D eigenvalue weighted by Gasteiger charge is 2.22. The molecular formula is C13H15ClFN3. The number of rotatable bonds is 3. The highest BCUT2D eigenvalue weighted by Crippen LogP contribution is 2.27. The van der Waals surface area contributed by atoms with Crippen LogP contribution in [0, 0.1) is 17.1 Å². The Kier molecular flexibility index (Phi) is 4.54. The molecule has 1 aliphatic heterocycles. The van der Waals surface area contributed by atoms with Crippen LogP contribution in [0.4, 0.5) is 4.39 Å². The van der Waals surface area contributed by atoms with E-state index in [0.717, 1.165) is 31.7 Å². The van der Waals surface area contributed by atoms with E-state index in [9.17, 15) is 4.39 Å². The molecule has 1 atom stereocenters. The fraction of sp³-hybridized carbons (Fsp3) is 0.462. The number of nitrogens with one attached hydrogen (secondary N) is 1. The minimum absolute atomic E-state index is 0.00444. The van der Waals surface area contributed by atoms with Gasteiger partial charge in [-0.25, -0.2) is 4.39 Å². The molecule has 1 heterocycles. The van der Waals surface area contributed by atoms with Gasteiger partial charge in [0.15, 0.2) is 0 Å². The zero-order chi connectivity index (χ0) is 13.0. The Morgan fingerprint density at radius 3 is 2.78 bits per heavy atom. The van der Waals surface area contributed by atoms with Crippen molar-refractivity contribution < 1.29 is 4.39 Å². The van der Waals surface area contributed by atoms with E-state index in [0.29, 0.717) is 6.42 Å². The molecule has 0 amide bonds. The van der Waals surface area contributed by atoms with Crippen molar-refractivity contribution >= 4 is 11.6 Å². The molecule has 0 unspecified atom stereocenters. The molecule has 0 bridgehead atoms. The van der Waals surface area contributed by atoms with E-state index < -0.39 is 5.82 Å². The molecule has 0 spiro atoms. The summed E-state index contributed by atoms with van der Waals surface area (Å²) in [6, 6.07) is 6.90. The van der Waals surface area contributed by atoms with Crippen LogP contribution < -0.4 is 5.32 Å². The molecule has 2 rings (SSSR count). The second kappa shape index (κ2) is 6.14. The van der Waals surface area contributed by atoms with Crippen LogP contribution in [0.5, 0.6) is 0 Å². The monoisotopic (exact) mass is 267 g/mol. The van der Waals surface area contributed by atoms with E-state index >= 15 is 0 Å². The maximum Gasteiger partial charge on any atom is 0.141 e. The number of benzene rings is 1. The minimum atomic E-state index is -0.420. The first-order chi connectivity index (χ1) is 8.72. The largest absolute Gasteiger partial charge is 0.314 e. The molecular weight excluding hydrogens is 253 g/mol. The van der Waals surface area contributed by atoms with Crippen molar-refractivity contribution in [1.29, 1.82) is 5.26 Å². The molecule has 1 fully saturated rings. The first kappa shape index (κ1) is 13.3. The van der Waals surface area contributed by atoms with Crippen LogP contribution in [-0.4, -0.2) is 31.1 Å². The van der Waals surface area contributed by atoms with Crippen LogP contribution in [0.2, 0.25) is 5.02 Å². The van der Waals surface area contributed by atoms with Gasteiger partial charge in [0.1, 0.15) is 5.82 Å². The SMILES string of the molecule is N#CC[C@@H](c1ccc(F)c(Cl)c1)N1CCNCC1. The van der Waals surface area contributed by atoms with E-state index in [1.54, 1.807) is 12.1 Å². The van der Waals surface area contributed by atoms with E-state index in [1.807, 2.05) is 0 Å². The summed E-state index contributed by atoms with van der Waals surface area (Å²) in [4.78, 5) is 2.24. The standard InChI is InChI=1S/C13H15ClFN3/c14-11-9-10(1-2-12(11)15)13(3-4-16)18-7-5-17-6-8-18/h1-2,9,13,17H,3,5-8H2/t13-/m0/s1. The molecule has 0 aliphatic carbocycles. The van der Waals surface area contributed by atoms with Crippen LogP contribution in [0.25, 0.3) is 0 Å². The average molecular weight is 268 g/mol. The average Bonchev–Trinajstić information content (AvgIpc) is 2.40. The first-order valence-electron chi connectivity index (χ1n) is 5.99. The van der Waals surface area contributed by atoms with Crippen LogP contribution in [0.3, 0.4) is 0 Å². The van der Waals surface area contributed by atoms with Gasteiger partial charge in [0.2, 0.25) is 0 Å². The lowest BCUT2D eigenvalue weighted by Crippen LogP contribution is -2.45. The number of hydrogen-bond donors (Lipinski definition) is 1. The Morgan fingerprint density at radius 1 is 1.44 bits per heavy atom. The Balaban J connectivity index is 2.22. The molecule has 0 aromatic heterocycles. The second-order valence-corrected chi connectivity index (χ2v) is 4.74. The summed E-state index contributed by atoms with van der Waals surface area (Å²) in [5, 5.41) is 12.3. The maximum absolute atomic E-state index is 13.2. The van der Waals surface area contributed by atoms with Crippen LogP contribution in [-0.2, 0) is 0 Å². The lowest BCUT2D eigenvalue weighted by atomic mass is 10.0. The Labute approximate surface area is 111 Å². The summed E-state index contributed by atoms with van der Waals surface area (Å²) < 4.78 is 13.2. The second-order valence-electron chi connectivity index (χ2n) is 4.34. The number of nitriles is 1. The quantitative estimate of drug-likeness (QED) is 0.914. The maximum atomic E-state index is 13.2. The van der Waals surface area contributed by atoms with Crippen molar-refractivity contribution in [3.63, 3.8) is 0 Å². The summed E-state index contributed by atoms with van der Waals surface area (Å²) in [7, 11) is 0. The third kappa shape index (κ3) is 2.99. The van der Waals surface area contributed by atoms with Gasteiger partial charge in [-0.1, -0.05) is 17.7 Å². The molecule has 0 saturated carbocycles. The fourth-order valence-electron chi connectivity index (χ4n) is 2.26. The third-order valence-corrected chi connectivity index (χ3v) is 3.50. The summed E-state index contributed by atoms with van der Waals surface area (Å²) in [5.74, 6) is -0.420. The van der Waals surface area contributed by atoms with Gasteiger partial charge in [-0.3, -0.25) is 4.90 Å².